The highest BCUT2D eigenvalue weighted by Crippen LogP contribution is 2.47. The minimum absolute atomic E-state index is 0.00544. The molecule has 1 N–H and O–H groups in total. The van der Waals surface area contributed by atoms with Gasteiger partial charge >= 0.3 is 0 Å². The molecule has 0 radical (unpaired) electrons. The Morgan fingerprint density at radius 1 is 1.14 bits per heavy atom. The molecule has 1 unspecified atom stereocenters. The van der Waals surface area contributed by atoms with Gasteiger partial charge in [0.05, 0.1) is 37.3 Å². The minimum Gasteiger partial charge on any atom is -0.390 e. The number of imidazole rings is 1. The van der Waals surface area contributed by atoms with Gasteiger partial charge < -0.3 is 14.6 Å². The first kappa shape index (κ1) is 18.4. The number of anilines is 1. The van der Waals surface area contributed by atoms with E-state index < -0.39 is 0 Å². The molecule has 1 aliphatic rings. The van der Waals surface area contributed by atoms with Crippen molar-refractivity contribution in [3.63, 3.8) is 0 Å². The lowest BCUT2D eigenvalue weighted by molar-refractivity contribution is -0.118. The van der Waals surface area contributed by atoms with Crippen molar-refractivity contribution in [2.45, 2.75) is 32.9 Å². The summed E-state index contributed by atoms with van der Waals surface area (Å²) < 4.78 is 2.04. The van der Waals surface area contributed by atoms with Crippen molar-refractivity contribution in [2.75, 3.05) is 11.4 Å². The minimum atomic E-state index is -0.231. The second kappa shape index (κ2) is 7.24. The van der Waals surface area contributed by atoms with E-state index in [0.717, 1.165) is 22.5 Å². The number of aliphatic hydroxyl groups is 1. The van der Waals surface area contributed by atoms with Crippen molar-refractivity contribution in [1.29, 1.82) is 0 Å². The predicted octanol–water partition coefficient (Wildman–Crippen LogP) is 3.58. The largest absolute Gasteiger partial charge is 0.390 e. The molecule has 2 heterocycles. The molecule has 1 amide bonds. The van der Waals surface area contributed by atoms with Crippen LogP contribution in [0.1, 0.15) is 36.7 Å². The Morgan fingerprint density at radius 3 is 2.61 bits per heavy atom. The number of benzene rings is 2. The summed E-state index contributed by atoms with van der Waals surface area (Å²) in [6, 6.07) is 17.9. The van der Waals surface area contributed by atoms with Crippen LogP contribution < -0.4 is 4.90 Å². The summed E-state index contributed by atoms with van der Waals surface area (Å²) >= 11 is 0. The van der Waals surface area contributed by atoms with Crippen LogP contribution in [0.3, 0.4) is 0 Å². The smallest absolute Gasteiger partial charge is 0.231 e. The van der Waals surface area contributed by atoms with E-state index in [-0.39, 0.29) is 24.0 Å². The van der Waals surface area contributed by atoms with Crippen LogP contribution in [-0.2, 0) is 17.8 Å². The van der Waals surface area contributed by atoms with Gasteiger partial charge in [0.1, 0.15) is 0 Å². The highest BCUT2D eigenvalue weighted by molar-refractivity contribution is 5.96. The zero-order valence-electron chi connectivity index (χ0n) is 16.2. The number of aliphatic hydroxyl groups excluding tert-OH is 1. The topological polar surface area (TPSA) is 58.4 Å². The van der Waals surface area contributed by atoms with Crippen LogP contribution in [0.2, 0.25) is 0 Å². The summed E-state index contributed by atoms with van der Waals surface area (Å²) in [4.78, 5) is 19.4. The van der Waals surface area contributed by atoms with E-state index in [1.807, 2.05) is 58.0 Å². The van der Waals surface area contributed by atoms with Crippen LogP contribution >= 0.6 is 0 Å². The Balaban J connectivity index is 1.75. The molecule has 1 aliphatic heterocycles. The van der Waals surface area contributed by atoms with Crippen molar-refractivity contribution >= 4 is 11.6 Å². The van der Waals surface area contributed by atoms with Gasteiger partial charge in [-0.3, -0.25) is 4.79 Å². The highest BCUT2D eigenvalue weighted by Gasteiger charge is 2.42. The van der Waals surface area contributed by atoms with Crippen LogP contribution in [-0.4, -0.2) is 27.1 Å². The van der Waals surface area contributed by atoms with E-state index in [1.165, 1.54) is 0 Å². The van der Waals surface area contributed by atoms with E-state index in [2.05, 4.69) is 24.9 Å². The number of hydrogen-bond acceptors (Lipinski definition) is 3. The lowest BCUT2D eigenvalue weighted by Gasteiger charge is -2.46. The predicted molar refractivity (Wildman–Crippen MR) is 109 cm³/mol. The first-order valence-electron chi connectivity index (χ1n) is 9.56. The number of amides is 1. The Kier molecular flexibility index (Phi) is 4.77. The Labute approximate surface area is 165 Å². The van der Waals surface area contributed by atoms with Gasteiger partial charge in [-0.05, 0) is 17.2 Å². The van der Waals surface area contributed by atoms with Crippen LogP contribution in [0.5, 0.6) is 0 Å². The second-order valence-corrected chi connectivity index (χ2v) is 8.04. The Bertz CT molecular complexity index is 978. The zero-order chi connectivity index (χ0) is 19.7. The first-order chi connectivity index (χ1) is 13.5. The summed E-state index contributed by atoms with van der Waals surface area (Å²) in [7, 11) is 0. The summed E-state index contributed by atoms with van der Waals surface area (Å²) in [5.74, 6) is 0.0955. The number of rotatable bonds is 4. The molecular weight excluding hydrogens is 350 g/mol. The molecule has 1 atom stereocenters. The summed E-state index contributed by atoms with van der Waals surface area (Å²) in [5.41, 5.74) is 3.57. The SMILES string of the molecule is CC1(C)CN(C(=O)Cc2ccccc2)c2ccccc2C1n1cncc1CO. The van der Waals surface area contributed by atoms with Crippen molar-refractivity contribution in [2.24, 2.45) is 5.41 Å². The van der Waals surface area contributed by atoms with Crippen LogP contribution in [0.4, 0.5) is 5.69 Å². The molecule has 0 bridgehead atoms. The van der Waals surface area contributed by atoms with Gasteiger partial charge in [0.15, 0.2) is 0 Å². The third-order valence-electron chi connectivity index (χ3n) is 5.51. The molecule has 5 heteroatoms. The van der Waals surface area contributed by atoms with Crippen LogP contribution in [0.25, 0.3) is 0 Å². The molecule has 28 heavy (non-hydrogen) atoms. The van der Waals surface area contributed by atoms with E-state index in [0.29, 0.717) is 13.0 Å². The fourth-order valence-corrected chi connectivity index (χ4v) is 4.27. The van der Waals surface area contributed by atoms with Crippen molar-refractivity contribution in [3.05, 3.63) is 83.9 Å². The third-order valence-corrected chi connectivity index (χ3v) is 5.51. The number of carbonyl (C=O) groups excluding carboxylic acids is 1. The molecule has 144 valence electrons. The molecule has 3 aromatic rings. The maximum Gasteiger partial charge on any atom is 0.231 e. The monoisotopic (exact) mass is 375 g/mol. The number of carbonyl (C=O) groups is 1. The Morgan fingerprint density at radius 2 is 1.86 bits per heavy atom. The Hall–Kier alpha value is -2.92. The molecular formula is C23H25N3O2. The number of aromatic nitrogens is 2. The van der Waals surface area contributed by atoms with Gasteiger partial charge in [0.2, 0.25) is 5.91 Å². The van der Waals surface area contributed by atoms with E-state index in [1.54, 1.807) is 12.5 Å². The average Bonchev–Trinajstić information content (AvgIpc) is 3.15. The number of nitrogens with zero attached hydrogens (tertiary/aromatic N) is 3. The third kappa shape index (κ3) is 3.22. The second-order valence-electron chi connectivity index (χ2n) is 8.04. The molecule has 0 fully saturated rings. The number of para-hydroxylation sites is 1. The first-order valence-corrected chi connectivity index (χ1v) is 9.56. The van der Waals surface area contributed by atoms with Gasteiger partial charge in [-0.15, -0.1) is 0 Å². The van der Waals surface area contributed by atoms with Gasteiger partial charge in [-0.1, -0.05) is 62.4 Å². The van der Waals surface area contributed by atoms with Crippen LogP contribution in [0.15, 0.2) is 67.1 Å². The molecule has 0 spiro atoms. The summed E-state index contributed by atoms with van der Waals surface area (Å²) in [5, 5.41) is 9.74. The van der Waals surface area contributed by atoms with E-state index in [4.69, 9.17) is 0 Å². The molecule has 0 saturated heterocycles. The molecule has 5 nitrogen and oxygen atoms in total. The molecule has 4 rings (SSSR count). The van der Waals surface area contributed by atoms with Crippen molar-refractivity contribution in [3.8, 4) is 0 Å². The lowest BCUT2D eigenvalue weighted by Crippen LogP contribution is -2.48. The average molecular weight is 375 g/mol. The summed E-state index contributed by atoms with van der Waals surface area (Å²) in [6.45, 7) is 4.86. The van der Waals surface area contributed by atoms with Crippen molar-refractivity contribution < 1.29 is 9.90 Å². The molecule has 0 saturated carbocycles. The van der Waals surface area contributed by atoms with E-state index in [9.17, 15) is 9.90 Å². The number of hydrogen-bond donors (Lipinski definition) is 1. The fraction of sp³-hybridized carbons (Fsp3) is 0.304. The zero-order valence-corrected chi connectivity index (χ0v) is 16.2. The number of fused-ring (bicyclic) bond motifs is 1. The van der Waals surface area contributed by atoms with Gasteiger partial charge in [0.25, 0.3) is 0 Å². The summed E-state index contributed by atoms with van der Waals surface area (Å²) in [6.07, 6.45) is 3.85. The maximum absolute atomic E-state index is 13.2. The van der Waals surface area contributed by atoms with E-state index >= 15 is 0 Å². The molecule has 2 aromatic carbocycles. The quantitative estimate of drug-likeness (QED) is 0.758. The highest BCUT2D eigenvalue weighted by atomic mass is 16.3. The standard InChI is InChI=1S/C23H25N3O2/c1-23(2)15-25(21(28)12-17-8-4-3-5-9-17)20-11-7-6-10-19(20)22(23)26-16-24-13-18(26)14-27/h3-11,13,16,22,27H,12,14-15H2,1-2H3. The van der Waals surface area contributed by atoms with Gasteiger partial charge in [0, 0.05) is 17.6 Å². The van der Waals surface area contributed by atoms with Crippen LogP contribution in [0, 0.1) is 5.41 Å². The lowest BCUT2D eigenvalue weighted by atomic mass is 9.75. The molecule has 0 aliphatic carbocycles. The maximum atomic E-state index is 13.2. The fourth-order valence-electron chi connectivity index (χ4n) is 4.27. The molecule has 1 aromatic heterocycles. The van der Waals surface area contributed by atoms with Gasteiger partial charge in [-0.2, -0.15) is 0 Å². The van der Waals surface area contributed by atoms with Gasteiger partial charge in [-0.25, -0.2) is 4.98 Å². The normalized spacial score (nSPS) is 18.0. The van der Waals surface area contributed by atoms with Crippen molar-refractivity contribution in [1.82, 2.24) is 9.55 Å².